The van der Waals surface area contributed by atoms with Gasteiger partial charge in [-0.2, -0.15) is 20.7 Å². The van der Waals surface area contributed by atoms with Gasteiger partial charge in [0.2, 0.25) is 0 Å². The van der Waals surface area contributed by atoms with E-state index in [4.69, 9.17) is 10.5 Å². The van der Waals surface area contributed by atoms with Gasteiger partial charge in [0.05, 0.1) is 22.5 Å². The van der Waals surface area contributed by atoms with E-state index in [9.17, 15) is 8.78 Å². The predicted molar refractivity (Wildman–Crippen MR) is 102 cm³/mol. The highest BCUT2D eigenvalue weighted by atomic mass is 19.1. The van der Waals surface area contributed by atoms with Crippen LogP contribution in [0.4, 0.5) is 8.78 Å². The first kappa shape index (κ1) is 20.3. The van der Waals surface area contributed by atoms with Crippen molar-refractivity contribution in [2.24, 2.45) is 0 Å². The summed E-state index contributed by atoms with van der Waals surface area (Å²) in [5, 5.41) is 25.7. The van der Waals surface area contributed by atoms with E-state index in [1.54, 1.807) is 13.8 Å². The molecule has 0 spiro atoms. The second kappa shape index (κ2) is 8.71. The molecule has 0 aliphatic rings. The van der Waals surface area contributed by atoms with Crippen LogP contribution in [0.2, 0.25) is 0 Å². The van der Waals surface area contributed by atoms with Crippen LogP contribution in [-0.2, 0) is 0 Å². The molecule has 2 aromatic carbocycles. The number of aromatic nitrogens is 6. The van der Waals surface area contributed by atoms with Crippen LogP contribution in [0.25, 0.3) is 11.4 Å². The molecule has 2 aromatic heterocycles. The summed E-state index contributed by atoms with van der Waals surface area (Å²) in [6.07, 6.45) is 2.81. The van der Waals surface area contributed by atoms with Gasteiger partial charge in [-0.15, -0.1) is 0 Å². The first-order valence-electron chi connectivity index (χ1n) is 8.58. The number of nitrogens with zero attached hydrogens (tertiary/aromatic N) is 8. The summed E-state index contributed by atoms with van der Waals surface area (Å²) in [6, 6.07) is 11.8. The quantitative estimate of drug-likeness (QED) is 0.508. The molecular formula is C20H14F2N8. The fourth-order valence-electron chi connectivity index (χ4n) is 2.56. The van der Waals surface area contributed by atoms with E-state index in [0.717, 1.165) is 0 Å². The second-order valence-corrected chi connectivity index (χ2v) is 6.00. The van der Waals surface area contributed by atoms with Crippen LogP contribution < -0.4 is 0 Å². The molecule has 4 aromatic rings. The number of benzene rings is 2. The van der Waals surface area contributed by atoms with Crippen molar-refractivity contribution >= 4 is 0 Å². The Morgan fingerprint density at radius 1 is 0.867 bits per heavy atom. The van der Waals surface area contributed by atoms with E-state index < -0.39 is 11.6 Å². The lowest BCUT2D eigenvalue weighted by Gasteiger charge is -2.04. The second-order valence-electron chi connectivity index (χ2n) is 6.00. The van der Waals surface area contributed by atoms with Crippen molar-refractivity contribution in [1.29, 1.82) is 10.5 Å². The Balaban J connectivity index is 0.000000171. The third kappa shape index (κ3) is 4.34. The van der Waals surface area contributed by atoms with Gasteiger partial charge in [0.15, 0.2) is 0 Å². The first-order chi connectivity index (χ1) is 14.4. The van der Waals surface area contributed by atoms with E-state index in [0.29, 0.717) is 34.2 Å². The maximum Gasteiger partial charge on any atom is 0.147 e. The Hall–Kier alpha value is -4.44. The third-order valence-corrected chi connectivity index (χ3v) is 3.96. The van der Waals surface area contributed by atoms with Gasteiger partial charge in [0.25, 0.3) is 0 Å². The molecule has 30 heavy (non-hydrogen) atoms. The monoisotopic (exact) mass is 404 g/mol. The van der Waals surface area contributed by atoms with E-state index >= 15 is 0 Å². The lowest BCUT2D eigenvalue weighted by Crippen LogP contribution is -2.02. The molecule has 0 unspecified atom stereocenters. The fourth-order valence-corrected chi connectivity index (χ4v) is 2.56. The maximum absolute atomic E-state index is 13.0. The van der Waals surface area contributed by atoms with Gasteiger partial charge in [0.1, 0.15) is 48.1 Å². The summed E-state index contributed by atoms with van der Waals surface area (Å²) in [6.45, 7) is 3.46. The van der Waals surface area contributed by atoms with E-state index in [2.05, 4.69) is 20.2 Å². The first-order valence-corrected chi connectivity index (χ1v) is 8.58. The largest absolute Gasteiger partial charge is 0.220 e. The molecule has 0 atom stereocenters. The van der Waals surface area contributed by atoms with Crippen molar-refractivity contribution < 1.29 is 8.78 Å². The summed E-state index contributed by atoms with van der Waals surface area (Å²) < 4.78 is 28.9. The highest BCUT2D eigenvalue weighted by molar-refractivity contribution is 5.49. The Bertz CT molecular complexity index is 1280. The normalized spacial score (nSPS) is 9.93. The summed E-state index contributed by atoms with van der Waals surface area (Å²) in [5.41, 5.74) is 1.54. The molecule has 0 aliphatic carbocycles. The predicted octanol–water partition coefficient (Wildman–Crippen LogP) is 3.17. The standard InChI is InChI=1S/2C10H7FN4/c1-7-13-6-15(14-7)10-4-9(11)3-2-8(10)5-12;1-7-13-6-14-15(7)10-4-9(11)3-2-8(10)5-12/h2*2-4,6H,1H3. The zero-order valence-electron chi connectivity index (χ0n) is 16.0. The summed E-state index contributed by atoms with van der Waals surface area (Å²) in [5.74, 6) is 0.372. The molecule has 4 rings (SSSR count). The van der Waals surface area contributed by atoms with Crippen LogP contribution in [0.1, 0.15) is 22.8 Å². The fraction of sp³-hybridized carbons (Fsp3) is 0.100. The van der Waals surface area contributed by atoms with Gasteiger partial charge in [-0.05, 0) is 38.1 Å². The molecule has 0 aliphatic heterocycles. The lowest BCUT2D eigenvalue weighted by molar-refractivity contribution is 0.624. The molecule has 0 amide bonds. The van der Waals surface area contributed by atoms with Gasteiger partial charge in [-0.25, -0.2) is 28.1 Å². The number of halogens is 2. The SMILES string of the molecule is Cc1ncn(-c2cc(F)ccc2C#N)n1.Cc1ncnn1-c1cc(F)ccc1C#N. The Morgan fingerprint density at radius 2 is 1.47 bits per heavy atom. The zero-order chi connectivity index (χ0) is 21.7. The van der Waals surface area contributed by atoms with Crippen molar-refractivity contribution in [3.8, 4) is 23.5 Å². The van der Waals surface area contributed by atoms with Crippen LogP contribution in [-0.4, -0.2) is 29.5 Å². The average Bonchev–Trinajstić information content (AvgIpc) is 3.36. The van der Waals surface area contributed by atoms with E-state index in [1.165, 1.54) is 58.4 Å². The van der Waals surface area contributed by atoms with Crippen molar-refractivity contribution in [3.05, 3.63) is 83.5 Å². The molecule has 2 heterocycles. The third-order valence-electron chi connectivity index (χ3n) is 3.96. The van der Waals surface area contributed by atoms with Crippen LogP contribution in [0, 0.1) is 48.1 Å². The van der Waals surface area contributed by atoms with Crippen LogP contribution >= 0.6 is 0 Å². The smallest absolute Gasteiger partial charge is 0.147 e. The Kier molecular flexibility index (Phi) is 5.89. The van der Waals surface area contributed by atoms with Crippen molar-refractivity contribution in [2.45, 2.75) is 13.8 Å². The minimum atomic E-state index is -0.405. The number of hydrogen-bond acceptors (Lipinski definition) is 6. The van der Waals surface area contributed by atoms with Crippen molar-refractivity contribution in [2.75, 3.05) is 0 Å². The number of aryl methyl sites for hydroxylation is 2. The number of hydrogen-bond donors (Lipinski definition) is 0. The summed E-state index contributed by atoms with van der Waals surface area (Å²) in [7, 11) is 0. The molecule has 0 N–H and O–H groups in total. The van der Waals surface area contributed by atoms with Gasteiger partial charge >= 0.3 is 0 Å². The molecule has 0 radical (unpaired) electrons. The minimum absolute atomic E-state index is 0.362. The van der Waals surface area contributed by atoms with E-state index in [-0.39, 0.29) is 0 Å². The topological polar surface area (TPSA) is 109 Å². The molecular weight excluding hydrogens is 390 g/mol. The average molecular weight is 404 g/mol. The molecule has 0 saturated heterocycles. The molecule has 10 heteroatoms. The highest BCUT2D eigenvalue weighted by Gasteiger charge is 2.09. The summed E-state index contributed by atoms with van der Waals surface area (Å²) >= 11 is 0. The highest BCUT2D eigenvalue weighted by Crippen LogP contribution is 2.16. The van der Waals surface area contributed by atoms with Gasteiger partial charge < -0.3 is 0 Å². The molecule has 0 saturated carbocycles. The van der Waals surface area contributed by atoms with Crippen molar-refractivity contribution in [1.82, 2.24) is 29.5 Å². The Morgan fingerprint density at radius 3 is 1.97 bits per heavy atom. The van der Waals surface area contributed by atoms with Crippen molar-refractivity contribution in [3.63, 3.8) is 0 Å². The van der Waals surface area contributed by atoms with Gasteiger partial charge in [0, 0.05) is 12.1 Å². The maximum atomic E-state index is 13.0. The molecule has 148 valence electrons. The van der Waals surface area contributed by atoms with Crippen LogP contribution in [0.5, 0.6) is 0 Å². The minimum Gasteiger partial charge on any atom is -0.220 e. The number of rotatable bonds is 2. The summed E-state index contributed by atoms with van der Waals surface area (Å²) in [4.78, 5) is 7.84. The Labute approximate surface area is 170 Å². The molecule has 0 fully saturated rings. The lowest BCUT2D eigenvalue weighted by atomic mass is 10.2. The molecule has 0 bridgehead atoms. The van der Waals surface area contributed by atoms with Gasteiger partial charge in [-0.3, -0.25) is 0 Å². The molecule has 8 nitrogen and oxygen atoms in total. The van der Waals surface area contributed by atoms with E-state index in [1.807, 2.05) is 12.1 Å². The zero-order valence-corrected chi connectivity index (χ0v) is 16.0. The number of nitriles is 2. The van der Waals surface area contributed by atoms with Crippen LogP contribution in [0.3, 0.4) is 0 Å². The van der Waals surface area contributed by atoms with Crippen LogP contribution in [0.15, 0.2) is 49.1 Å². The van der Waals surface area contributed by atoms with Gasteiger partial charge in [-0.1, -0.05) is 0 Å².